The molecular weight excluding hydrogens is 506 g/mol. The molecule has 206 valence electrons. The van der Waals surface area contributed by atoms with Gasteiger partial charge in [-0.3, -0.25) is 0 Å². The van der Waals surface area contributed by atoms with E-state index in [1.165, 1.54) is 29.5 Å². The van der Waals surface area contributed by atoms with Crippen LogP contribution in [0.2, 0.25) is 0 Å². The molecule has 40 heavy (non-hydrogen) atoms. The van der Waals surface area contributed by atoms with E-state index in [2.05, 4.69) is 33.9 Å². The third kappa shape index (κ3) is 4.40. The fourth-order valence-electron chi connectivity index (χ4n) is 6.86. The second-order valence-corrected chi connectivity index (χ2v) is 11.4. The average Bonchev–Trinajstić information content (AvgIpc) is 3.44. The SMILES string of the molecule is O=C(O)c1ccc2c(C3CCCCC3)c3n(c2c1)CC(c1nn(CC2CCOCC2)c(=O)o1)=Cc1ccccc1-3. The number of hydrogen-bond acceptors (Lipinski definition) is 5. The normalized spacial score (nSPS) is 18.2. The lowest BCUT2D eigenvalue weighted by Gasteiger charge is -2.24. The van der Waals surface area contributed by atoms with E-state index in [0.29, 0.717) is 44.0 Å². The van der Waals surface area contributed by atoms with Gasteiger partial charge in [-0.2, -0.15) is 4.68 Å². The number of fused-ring (bicyclic) bond motifs is 5. The lowest BCUT2D eigenvalue weighted by Crippen LogP contribution is -2.25. The van der Waals surface area contributed by atoms with Gasteiger partial charge >= 0.3 is 11.7 Å². The summed E-state index contributed by atoms with van der Waals surface area (Å²) in [6, 6.07) is 13.8. The molecule has 4 heterocycles. The number of aromatic nitrogens is 3. The molecule has 1 saturated heterocycles. The predicted molar refractivity (Wildman–Crippen MR) is 152 cm³/mol. The standard InChI is InChI=1S/C32H33N3O5/c36-31(37)23-10-11-26-27(17-23)34-19-24(30-33-35(32(38)40-30)18-20-12-14-39-15-13-20)16-22-8-4-5-9-25(22)29(34)28(26)21-6-2-1-3-7-21/h4-5,8-11,16-17,20-21H,1-3,6-7,12-15,18-19H2,(H,36,37). The van der Waals surface area contributed by atoms with Crippen LogP contribution in [-0.4, -0.2) is 38.6 Å². The molecule has 1 saturated carbocycles. The van der Waals surface area contributed by atoms with Crippen LogP contribution in [0.5, 0.6) is 0 Å². The number of carboxylic acid groups (broad SMARTS) is 1. The Hall–Kier alpha value is -3.91. The summed E-state index contributed by atoms with van der Waals surface area (Å²) < 4.78 is 14.9. The highest BCUT2D eigenvalue weighted by Crippen LogP contribution is 2.47. The summed E-state index contributed by atoms with van der Waals surface area (Å²) in [5.41, 5.74) is 6.53. The van der Waals surface area contributed by atoms with Crippen LogP contribution in [0, 0.1) is 5.92 Å². The predicted octanol–water partition coefficient (Wildman–Crippen LogP) is 6.18. The zero-order valence-corrected chi connectivity index (χ0v) is 22.5. The second kappa shape index (κ2) is 10.2. The summed E-state index contributed by atoms with van der Waals surface area (Å²) in [5.74, 6) is -0.335. The Morgan fingerprint density at radius 1 is 1.02 bits per heavy atom. The van der Waals surface area contributed by atoms with E-state index in [4.69, 9.17) is 9.15 Å². The van der Waals surface area contributed by atoms with Crippen molar-refractivity contribution in [2.24, 2.45) is 5.92 Å². The lowest BCUT2D eigenvalue weighted by atomic mass is 9.81. The number of rotatable bonds is 5. The highest BCUT2D eigenvalue weighted by molar-refractivity contribution is 6.00. The van der Waals surface area contributed by atoms with Crippen molar-refractivity contribution in [2.75, 3.05) is 13.2 Å². The maximum absolute atomic E-state index is 12.9. The highest BCUT2D eigenvalue weighted by Gasteiger charge is 2.30. The topological polar surface area (TPSA) is 99.5 Å². The Kier molecular flexibility index (Phi) is 6.42. The van der Waals surface area contributed by atoms with E-state index in [9.17, 15) is 14.7 Å². The molecular formula is C32H33N3O5. The molecule has 2 fully saturated rings. The van der Waals surface area contributed by atoms with Crippen molar-refractivity contribution in [3.63, 3.8) is 0 Å². The molecule has 8 nitrogen and oxygen atoms in total. The smallest absolute Gasteiger partial charge is 0.437 e. The number of hydrogen-bond donors (Lipinski definition) is 1. The molecule has 0 spiro atoms. The summed E-state index contributed by atoms with van der Waals surface area (Å²) in [6.07, 6.45) is 9.78. The molecule has 2 aromatic carbocycles. The molecule has 1 N–H and O–H groups in total. The lowest BCUT2D eigenvalue weighted by molar-refractivity contribution is 0.0595. The second-order valence-electron chi connectivity index (χ2n) is 11.4. The average molecular weight is 540 g/mol. The van der Waals surface area contributed by atoms with Gasteiger partial charge in [0, 0.05) is 35.3 Å². The largest absolute Gasteiger partial charge is 0.478 e. The van der Waals surface area contributed by atoms with Gasteiger partial charge in [0.05, 0.1) is 24.3 Å². The molecule has 8 heteroatoms. The number of aromatic carboxylic acids is 1. The molecule has 2 aliphatic heterocycles. The number of carboxylic acids is 1. The van der Waals surface area contributed by atoms with Crippen molar-refractivity contribution in [1.29, 1.82) is 0 Å². The Morgan fingerprint density at radius 3 is 2.62 bits per heavy atom. The van der Waals surface area contributed by atoms with Crippen LogP contribution in [0.25, 0.3) is 33.8 Å². The summed E-state index contributed by atoms with van der Waals surface area (Å²) in [5, 5.41) is 15.6. The first kappa shape index (κ1) is 25.1. The van der Waals surface area contributed by atoms with Crippen LogP contribution in [0.3, 0.4) is 0 Å². The van der Waals surface area contributed by atoms with E-state index >= 15 is 0 Å². The highest BCUT2D eigenvalue weighted by atomic mass is 16.5. The minimum Gasteiger partial charge on any atom is -0.478 e. The van der Waals surface area contributed by atoms with Gasteiger partial charge in [0.2, 0.25) is 5.89 Å². The van der Waals surface area contributed by atoms with Crippen molar-refractivity contribution >= 4 is 28.5 Å². The van der Waals surface area contributed by atoms with Gasteiger partial charge < -0.3 is 18.8 Å². The number of allylic oxidation sites excluding steroid dienone is 1. The Labute approximate surface area is 231 Å². The molecule has 0 atom stereocenters. The molecule has 2 aromatic heterocycles. The molecule has 0 bridgehead atoms. The first-order valence-electron chi connectivity index (χ1n) is 14.4. The van der Waals surface area contributed by atoms with Crippen LogP contribution in [0.1, 0.15) is 78.2 Å². The van der Waals surface area contributed by atoms with Crippen LogP contribution >= 0.6 is 0 Å². The van der Waals surface area contributed by atoms with Gasteiger partial charge in [-0.05, 0) is 66.9 Å². The summed E-state index contributed by atoms with van der Waals surface area (Å²) in [6.45, 7) is 2.35. The molecule has 0 unspecified atom stereocenters. The number of benzene rings is 2. The summed E-state index contributed by atoms with van der Waals surface area (Å²) in [4.78, 5) is 24.9. The molecule has 3 aliphatic rings. The first-order chi connectivity index (χ1) is 19.6. The van der Waals surface area contributed by atoms with Gasteiger partial charge in [0.1, 0.15) is 0 Å². The van der Waals surface area contributed by atoms with Crippen LogP contribution in [0.15, 0.2) is 51.7 Å². The number of nitrogens with zero attached hydrogens (tertiary/aromatic N) is 3. The fraction of sp³-hybridized carbons (Fsp3) is 0.406. The zero-order valence-electron chi connectivity index (χ0n) is 22.5. The van der Waals surface area contributed by atoms with Gasteiger partial charge in [-0.1, -0.05) is 49.6 Å². The summed E-state index contributed by atoms with van der Waals surface area (Å²) in [7, 11) is 0. The minimum atomic E-state index is -0.945. The quantitative estimate of drug-likeness (QED) is 0.325. The fourth-order valence-corrected chi connectivity index (χ4v) is 6.86. The maximum atomic E-state index is 12.9. The number of ether oxygens (including phenoxy) is 1. The van der Waals surface area contributed by atoms with E-state index < -0.39 is 11.7 Å². The Balaban J connectivity index is 1.39. The van der Waals surface area contributed by atoms with E-state index in [0.717, 1.165) is 59.0 Å². The maximum Gasteiger partial charge on any atom is 0.437 e. The van der Waals surface area contributed by atoms with Gasteiger partial charge in [0.15, 0.2) is 0 Å². The van der Waals surface area contributed by atoms with Crippen molar-refractivity contribution in [3.8, 4) is 11.3 Å². The Bertz CT molecular complexity index is 1680. The molecule has 0 radical (unpaired) electrons. The monoisotopic (exact) mass is 539 g/mol. The van der Waals surface area contributed by atoms with Crippen molar-refractivity contribution < 1.29 is 19.1 Å². The summed E-state index contributed by atoms with van der Waals surface area (Å²) >= 11 is 0. The Morgan fingerprint density at radius 2 is 1.82 bits per heavy atom. The van der Waals surface area contributed by atoms with Crippen LogP contribution in [0.4, 0.5) is 0 Å². The van der Waals surface area contributed by atoms with Crippen molar-refractivity contribution in [1.82, 2.24) is 14.3 Å². The molecule has 0 amide bonds. The van der Waals surface area contributed by atoms with Crippen molar-refractivity contribution in [3.05, 3.63) is 75.6 Å². The van der Waals surface area contributed by atoms with Gasteiger partial charge in [-0.15, -0.1) is 5.10 Å². The first-order valence-corrected chi connectivity index (χ1v) is 14.4. The molecule has 1 aliphatic carbocycles. The van der Waals surface area contributed by atoms with E-state index in [1.807, 2.05) is 12.1 Å². The van der Waals surface area contributed by atoms with Gasteiger partial charge in [0.25, 0.3) is 0 Å². The van der Waals surface area contributed by atoms with Crippen LogP contribution in [-0.2, 0) is 17.8 Å². The third-order valence-corrected chi connectivity index (χ3v) is 8.89. The molecule has 7 rings (SSSR count). The minimum absolute atomic E-state index is 0.262. The zero-order chi connectivity index (χ0) is 27.2. The van der Waals surface area contributed by atoms with E-state index in [1.54, 1.807) is 12.1 Å². The third-order valence-electron chi connectivity index (χ3n) is 8.89. The molecule has 4 aromatic rings. The van der Waals surface area contributed by atoms with E-state index in [-0.39, 0.29) is 5.56 Å². The van der Waals surface area contributed by atoms with Gasteiger partial charge in [-0.25, -0.2) is 9.59 Å². The van der Waals surface area contributed by atoms with Crippen molar-refractivity contribution in [2.45, 2.75) is 64.0 Å². The van der Waals surface area contributed by atoms with Crippen LogP contribution < -0.4 is 5.76 Å². The number of carbonyl (C=O) groups is 1.